The molecule has 1 unspecified atom stereocenters. The van der Waals surface area contributed by atoms with E-state index < -0.39 is 0 Å². The van der Waals surface area contributed by atoms with Crippen molar-refractivity contribution in [2.45, 2.75) is 128 Å². The van der Waals surface area contributed by atoms with Gasteiger partial charge in [-0.3, -0.25) is 14.5 Å². The van der Waals surface area contributed by atoms with E-state index in [0.29, 0.717) is 24.6 Å². The molecule has 0 aromatic heterocycles. The molecular weight excluding hydrogens is 536 g/mol. The van der Waals surface area contributed by atoms with E-state index in [9.17, 15) is 14.9 Å². The molecule has 3 aliphatic rings. The lowest BCUT2D eigenvalue weighted by Crippen LogP contribution is -2.47. The van der Waals surface area contributed by atoms with E-state index in [1.165, 1.54) is 87.8 Å². The molecule has 0 N–H and O–H groups in total. The summed E-state index contributed by atoms with van der Waals surface area (Å²) in [5.74, 6) is 1.56. The van der Waals surface area contributed by atoms with Crippen LogP contribution in [0.2, 0.25) is 0 Å². The largest absolute Gasteiger partial charge is 0.450 e. The molecule has 0 bridgehead atoms. The molecule has 0 saturated heterocycles. The molecule has 7 nitrogen and oxygen atoms in total. The van der Waals surface area contributed by atoms with E-state index in [1.54, 1.807) is 0 Å². The van der Waals surface area contributed by atoms with Crippen molar-refractivity contribution in [3.63, 3.8) is 0 Å². The van der Waals surface area contributed by atoms with E-state index in [4.69, 9.17) is 10.00 Å². The molecule has 0 aliphatic heterocycles. The van der Waals surface area contributed by atoms with Crippen LogP contribution in [-0.4, -0.2) is 42.5 Å². The number of carbonyl (C=O) groups is 2. The van der Waals surface area contributed by atoms with Gasteiger partial charge >= 0.3 is 5.97 Å². The fourth-order valence-electron chi connectivity index (χ4n) is 7.95. The van der Waals surface area contributed by atoms with Gasteiger partial charge in [-0.1, -0.05) is 64.0 Å². The summed E-state index contributed by atoms with van der Waals surface area (Å²) in [4.78, 5) is 29.3. The second kappa shape index (κ2) is 17.4. The Bertz CT molecular complexity index is 1070. The van der Waals surface area contributed by atoms with Crippen LogP contribution in [0.1, 0.15) is 128 Å². The predicted molar refractivity (Wildman–Crippen MR) is 169 cm³/mol. The Morgan fingerprint density at radius 2 is 1.49 bits per heavy atom. The summed E-state index contributed by atoms with van der Waals surface area (Å²) in [5.41, 5.74) is 1.85. The minimum Gasteiger partial charge on any atom is -0.450 e. The zero-order chi connectivity index (χ0) is 30.4. The third kappa shape index (κ3) is 9.80. The first-order valence-corrected chi connectivity index (χ1v) is 17.1. The Labute approximate surface area is 259 Å². The van der Waals surface area contributed by atoms with Crippen molar-refractivity contribution >= 4 is 17.6 Å². The summed E-state index contributed by atoms with van der Waals surface area (Å²) >= 11 is 0. The molecule has 3 aliphatic carbocycles. The highest BCUT2D eigenvalue weighted by Crippen LogP contribution is 2.42. The SMILES string of the molecule is CCCCC(=O)N(C#N)c1ccc([C@@H]2CC(CC(=O)OCC#N)CC[C@H]2N(CC2CCCCC2)CC2CCCCC2)cc1. The molecular formula is C36H52N4O3. The van der Waals surface area contributed by atoms with Crippen LogP contribution in [0.4, 0.5) is 5.69 Å². The van der Waals surface area contributed by atoms with Crippen molar-refractivity contribution in [1.29, 1.82) is 10.5 Å². The number of benzene rings is 1. The average Bonchev–Trinajstić information content (AvgIpc) is 3.04. The number of nitrogens with zero attached hydrogens (tertiary/aromatic N) is 4. The fourth-order valence-corrected chi connectivity index (χ4v) is 7.95. The maximum absolute atomic E-state index is 12.7. The molecule has 0 spiro atoms. The molecule has 3 fully saturated rings. The Balaban J connectivity index is 1.58. The smallest absolute Gasteiger partial charge is 0.307 e. The second-order valence-electron chi connectivity index (χ2n) is 13.4. The molecule has 4 rings (SSSR count). The predicted octanol–water partition coefficient (Wildman–Crippen LogP) is 7.86. The van der Waals surface area contributed by atoms with Gasteiger partial charge in [0.1, 0.15) is 6.07 Å². The van der Waals surface area contributed by atoms with Gasteiger partial charge in [0.15, 0.2) is 12.8 Å². The molecule has 234 valence electrons. The highest BCUT2D eigenvalue weighted by molar-refractivity contribution is 5.95. The number of esters is 1. The van der Waals surface area contributed by atoms with Gasteiger partial charge in [-0.25, -0.2) is 4.90 Å². The number of amides is 1. The van der Waals surface area contributed by atoms with Crippen LogP contribution < -0.4 is 4.90 Å². The van der Waals surface area contributed by atoms with Gasteiger partial charge in [0, 0.05) is 32.0 Å². The average molecular weight is 589 g/mol. The number of hydrogen-bond acceptors (Lipinski definition) is 6. The molecule has 1 aromatic rings. The number of rotatable bonds is 13. The van der Waals surface area contributed by atoms with E-state index in [0.717, 1.165) is 43.9 Å². The van der Waals surface area contributed by atoms with E-state index in [1.807, 2.05) is 25.1 Å². The summed E-state index contributed by atoms with van der Waals surface area (Å²) in [7, 11) is 0. The summed E-state index contributed by atoms with van der Waals surface area (Å²) in [6.07, 6.45) is 20.8. The number of nitriles is 2. The fraction of sp³-hybridized carbons (Fsp3) is 0.722. The molecule has 1 amide bonds. The summed E-state index contributed by atoms with van der Waals surface area (Å²) in [6, 6.07) is 10.4. The number of unbranched alkanes of at least 4 members (excludes halogenated alkanes) is 1. The van der Waals surface area contributed by atoms with Gasteiger partial charge in [0.25, 0.3) is 0 Å². The first kappa shape index (κ1) is 33.0. The second-order valence-corrected chi connectivity index (χ2v) is 13.4. The number of hydrogen-bond donors (Lipinski definition) is 0. The van der Waals surface area contributed by atoms with Gasteiger partial charge in [-0.2, -0.15) is 10.5 Å². The Kier molecular flexibility index (Phi) is 13.4. The van der Waals surface area contributed by atoms with Crippen molar-refractivity contribution in [1.82, 2.24) is 4.90 Å². The van der Waals surface area contributed by atoms with Gasteiger partial charge in [0.2, 0.25) is 5.91 Å². The van der Waals surface area contributed by atoms with Crippen molar-refractivity contribution in [3.8, 4) is 12.3 Å². The monoisotopic (exact) mass is 588 g/mol. The van der Waals surface area contributed by atoms with Crippen LogP contribution in [0.3, 0.4) is 0 Å². The maximum atomic E-state index is 12.7. The lowest BCUT2D eigenvalue weighted by atomic mass is 9.72. The molecule has 3 atom stereocenters. The topological polar surface area (TPSA) is 97.4 Å². The molecule has 3 saturated carbocycles. The standard InChI is InChI=1S/C36H52N4O3/c1-2-3-14-35(41)40(27-38)32-18-16-31(17-19-32)33-23-30(24-36(42)43-22-21-37)15-20-34(33)39(25-28-10-6-4-7-11-28)26-29-12-8-5-9-13-29/h16-19,28-30,33-34H,2-15,20,22-26H2,1H3/t30?,33-,34+/m0/s1. The minimum atomic E-state index is -0.282. The number of ether oxygens (including phenoxy) is 1. The van der Waals surface area contributed by atoms with Crippen LogP contribution in [-0.2, 0) is 14.3 Å². The van der Waals surface area contributed by atoms with Crippen LogP contribution in [0, 0.1) is 40.5 Å². The van der Waals surface area contributed by atoms with E-state index in [-0.39, 0.29) is 30.3 Å². The summed E-state index contributed by atoms with van der Waals surface area (Å²) < 4.78 is 5.14. The van der Waals surface area contributed by atoms with Crippen LogP contribution in [0.5, 0.6) is 0 Å². The molecule has 43 heavy (non-hydrogen) atoms. The van der Waals surface area contributed by atoms with Crippen LogP contribution in [0.15, 0.2) is 24.3 Å². The first-order chi connectivity index (χ1) is 21.0. The van der Waals surface area contributed by atoms with Gasteiger partial charge in [0.05, 0.1) is 5.69 Å². The minimum absolute atomic E-state index is 0.158. The first-order valence-electron chi connectivity index (χ1n) is 17.1. The molecule has 0 heterocycles. The Morgan fingerprint density at radius 1 is 0.860 bits per heavy atom. The van der Waals surface area contributed by atoms with Gasteiger partial charge in [-0.05, 0) is 92.7 Å². The number of carbonyl (C=O) groups excluding carboxylic acids is 2. The van der Waals surface area contributed by atoms with E-state index >= 15 is 0 Å². The van der Waals surface area contributed by atoms with Crippen molar-refractivity contribution < 1.29 is 14.3 Å². The summed E-state index contributed by atoms with van der Waals surface area (Å²) in [5, 5.41) is 18.6. The lowest BCUT2D eigenvalue weighted by Gasteiger charge is -2.46. The van der Waals surface area contributed by atoms with Crippen LogP contribution in [0.25, 0.3) is 0 Å². The van der Waals surface area contributed by atoms with Crippen molar-refractivity contribution in [2.24, 2.45) is 17.8 Å². The maximum Gasteiger partial charge on any atom is 0.307 e. The zero-order valence-electron chi connectivity index (χ0n) is 26.4. The molecule has 7 heteroatoms. The van der Waals surface area contributed by atoms with Crippen molar-refractivity contribution in [3.05, 3.63) is 29.8 Å². The van der Waals surface area contributed by atoms with Crippen molar-refractivity contribution in [2.75, 3.05) is 24.6 Å². The quantitative estimate of drug-likeness (QED) is 0.132. The third-order valence-electron chi connectivity index (χ3n) is 10.3. The molecule has 1 aromatic carbocycles. The summed E-state index contributed by atoms with van der Waals surface area (Å²) in [6.45, 7) is 4.18. The van der Waals surface area contributed by atoms with Crippen LogP contribution >= 0.6 is 0 Å². The van der Waals surface area contributed by atoms with Gasteiger partial charge in [-0.15, -0.1) is 0 Å². The van der Waals surface area contributed by atoms with E-state index in [2.05, 4.69) is 23.2 Å². The lowest BCUT2D eigenvalue weighted by molar-refractivity contribution is -0.143. The Morgan fingerprint density at radius 3 is 2.05 bits per heavy atom. The van der Waals surface area contributed by atoms with Gasteiger partial charge < -0.3 is 4.74 Å². The molecule has 0 radical (unpaired) electrons. The Hall–Kier alpha value is -2.90. The third-order valence-corrected chi connectivity index (χ3v) is 10.3. The normalized spacial score (nSPS) is 23.3. The number of anilines is 1. The zero-order valence-corrected chi connectivity index (χ0v) is 26.4. The highest BCUT2D eigenvalue weighted by atomic mass is 16.5. The highest BCUT2D eigenvalue weighted by Gasteiger charge is 2.38.